The van der Waals surface area contributed by atoms with Crippen LogP contribution in [-0.2, 0) is 6.42 Å². The fraction of sp³-hybridized carbons (Fsp3) is 0.222. The Morgan fingerprint density at radius 2 is 2.05 bits per heavy atom. The molecule has 1 aliphatic heterocycles. The van der Waals surface area contributed by atoms with Crippen LogP contribution >= 0.6 is 11.3 Å². The van der Waals surface area contributed by atoms with Crippen molar-refractivity contribution >= 4 is 22.8 Å². The third-order valence-corrected chi connectivity index (χ3v) is 4.61. The first-order valence-electron chi connectivity index (χ1n) is 7.10. The number of hydrogen-bond donors (Lipinski definition) is 1. The number of carbonyl (C=O) groups is 1. The number of ketones is 1. The maximum Gasteiger partial charge on any atom is 0.187 e. The molecule has 0 saturated heterocycles. The Balaban J connectivity index is 1.94. The van der Waals surface area contributed by atoms with E-state index in [2.05, 4.69) is 36.7 Å². The molecule has 0 spiro atoms. The minimum atomic E-state index is -0.0609. The average molecular weight is 308 g/mol. The highest BCUT2D eigenvalue weighted by Crippen LogP contribution is 2.33. The number of nitrogens with one attached hydrogen (secondary N) is 1. The largest absolute Gasteiger partial charge is 0.379 e. The van der Waals surface area contributed by atoms with Crippen molar-refractivity contribution in [3.05, 3.63) is 63.4 Å². The van der Waals surface area contributed by atoms with Gasteiger partial charge >= 0.3 is 0 Å². The molecule has 0 atom stereocenters. The number of nitriles is 1. The van der Waals surface area contributed by atoms with Gasteiger partial charge in [-0.15, -0.1) is 11.3 Å². The van der Waals surface area contributed by atoms with Gasteiger partial charge in [0.05, 0.1) is 11.6 Å². The average Bonchev–Trinajstić information content (AvgIpc) is 2.94. The van der Waals surface area contributed by atoms with Gasteiger partial charge in [0.25, 0.3) is 0 Å². The van der Waals surface area contributed by atoms with E-state index in [1.165, 1.54) is 4.88 Å². The Hall–Kier alpha value is -2.38. The van der Waals surface area contributed by atoms with Gasteiger partial charge < -0.3 is 5.32 Å². The normalized spacial score (nSPS) is 17.4. The molecule has 0 fully saturated rings. The quantitative estimate of drug-likeness (QED) is 0.679. The predicted octanol–water partition coefficient (Wildman–Crippen LogP) is 3.77. The first-order valence-corrected chi connectivity index (χ1v) is 7.98. The lowest BCUT2D eigenvalue weighted by Gasteiger charge is -2.33. The first-order chi connectivity index (χ1) is 10.5. The van der Waals surface area contributed by atoms with E-state index in [0.29, 0.717) is 11.1 Å². The van der Waals surface area contributed by atoms with E-state index in [1.54, 1.807) is 41.7 Å². The highest BCUT2D eigenvalue weighted by Gasteiger charge is 2.28. The van der Waals surface area contributed by atoms with Crippen molar-refractivity contribution in [2.75, 3.05) is 0 Å². The van der Waals surface area contributed by atoms with Gasteiger partial charge in [-0.05, 0) is 49.6 Å². The molecule has 1 aromatic heterocycles. The molecule has 0 bridgehead atoms. The second-order valence-corrected chi connectivity index (χ2v) is 7.06. The number of nitrogens with zero attached hydrogens (tertiary/aromatic N) is 1. The Kier molecular flexibility index (Phi) is 3.59. The molecule has 3 rings (SSSR count). The number of thiophene rings is 1. The van der Waals surface area contributed by atoms with E-state index in [0.717, 1.165) is 17.7 Å². The molecule has 0 unspecified atom stereocenters. The van der Waals surface area contributed by atoms with Crippen LogP contribution in [0.5, 0.6) is 0 Å². The van der Waals surface area contributed by atoms with Gasteiger partial charge in [-0.3, -0.25) is 4.79 Å². The Morgan fingerprint density at radius 1 is 1.32 bits per heavy atom. The fourth-order valence-corrected chi connectivity index (χ4v) is 3.75. The molecule has 0 amide bonds. The van der Waals surface area contributed by atoms with Crippen LogP contribution < -0.4 is 5.32 Å². The number of hydrogen-bond acceptors (Lipinski definition) is 4. The molecule has 2 aromatic rings. The molecule has 0 aliphatic carbocycles. The van der Waals surface area contributed by atoms with Crippen LogP contribution in [0.25, 0.3) is 5.70 Å². The topological polar surface area (TPSA) is 52.9 Å². The number of benzene rings is 1. The van der Waals surface area contributed by atoms with Crippen molar-refractivity contribution < 1.29 is 4.79 Å². The summed E-state index contributed by atoms with van der Waals surface area (Å²) in [6.45, 7) is 4.27. The summed E-state index contributed by atoms with van der Waals surface area (Å²) in [5.41, 5.74) is 3.08. The smallest absolute Gasteiger partial charge is 0.187 e. The molecule has 0 saturated carbocycles. The van der Waals surface area contributed by atoms with Gasteiger partial charge in [-0.2, -0.15) is 5.26 Å². The summed E-state index contributed by atoms with van der Waals surface area (Å²) in [7, 11) is 0. The van der Waals surface area contributed by atoms with Crippen molar-refractivity contribution in [3.63, 3.8) is 0 Å². The highest BCUT2D eigenvalue weighted by atomic mass is 32.1. The minimum Gasteiger partial charge on any atom is -0.379 e. The van der Waals surface area contributed by atoms with Gasteiger partial charge in [0, 0.05) is 39.7 Å². The second kappa shape index (κ2) is 5.43. The predicted molar refractivity (Wildman–Crippen MR) is 88.7 cm³/mol. The lowest BCUT2D eigenvalue weighted by molar-refractivity contribution is 0.104. The lowest BCUT2D eigenvalue weighted by atomic mass is 9.91. The van der Waals surface area contributed by atoms with Gasteiger partial charge in [-0.1, -0.05) is 0 Å². The van der Waals surface area contributed by atoms with E-state index < -0.39 is 0 Å². The third kappa shape index (κ3) is 2.81. The summed E-state index contributed by atoms with van der Waals surface area (Å²) in [4.78, 5) is 13.8. The van der Waals surface area contributed by atoms with Crippen molar-refractivity contribution in [2.45, 2.75) is 25.8 Å². The van der Waals surface area contributed by atoms with E-state index in [4.69, 9.17) is 5.26 Å². The Morgan fingerprint density at radius 3 is 2.73 bits per heavy atom. The highest BCUT2D eigenvalue weighted by molar-refractivity contribution is 7.10. The molecule has 3 nitrogen and oxygen atoms in total. The Labute approximate surface area is 133 Å². The fourth-order valence-electron chi connectivity index (χ4n) is 2.63. The van der Waals surface area contributed by atoms with Gasteiger partial charge in [0.1, 0.15) is 0 Å². The van der Waals surface area contributed by atoms with Gasteiger partial charge in [-0.25, -0.2) is 0 Å². The summed E-state index contributed by atoms with van der Waals surface area (Å²) < 4.78 is 0. The van der Waals surface area contributed by atoms with Crippen LogP contribution in [0.2, 0.25) is 0 Å². The van der Waals surface area contributed by atoms with Crippen LogP contribution in [-0.4, -0.2) is 11.3 Å². The van der Waals surface area contributed by atoms with E-state index >= 15 is 0 Å². The zero-order valence-corrected chi connectivity index (χ0v) is 13.3. The first kappa shape index (κ1) is 14.6. The zero-order valence-electron chi connectivity index (χ0n) is 12.5. The van der Waals surface area contributed by atoms with Crippen LogP contribution in [0.1, 0.15) is 40.2 Å². The van der Waals surface area contributed by atoms with Crippen LogP contribution in [0.3, 0.4) is 0 Å². The van der Waals surface area contributed by atoms with E-state index in [1.807, 2.05) is 0 Å². The molecule has 110 valence electrons. The number of rotatable bonds is 2. The summed E-state index contributed by atoms with van der Waals surface area (Å²) in [6.07, 6.45) is 2.62. The summed E-state index contributed by atoms with van der Waals surface area (Å²) in [6, 6.07) is 10.8. The number of fused-ring (bicyclic) bond motifs is 1. The van der Waals surface area contributed by atoms with Crippen molar-refractivity contribution in [1.82, 2.24) is 5.32 Å². The van der Waals surface area contributed by atoms with Crippen LogP contribution in [0.4, 0.5) is 0 Å². The van der Waals surface area contributed by atoms with E-state index in [-0.39, 0.29) is 11.3 Å². The maximum atomic E-state index is 12.5. The summed E-state index contributed by atoms with van der Waals surface area (Å²) >= 11 is 1.73. The minimum absolute atomic E-state index is 0.0539. The molecular weight excluding hydrogens is 292 g/mol. The van der Waals surface area contributed by atoms with Crippen molar-refractivity contribution in [3.8, 4) is 6.07 Å². The molecule has 22 heavy (non-hydrogen) atoms. The van der Waals surface area contributed by atoms with Gasteiger partial charge in [0.2, 0.25) is 0 Å². The zero-order chi connectivity index (χ0) is 15.7. The Bertz CT molecular complexity index is 791. The molecule has 1 N–H and O–H groups in total. The number of carbonyl (C=O) groups excluding carboxylic acids is 1. The van der Waals surface area contributed by atoms with Gasteiger partial charge in [0.15, 0.2) is 5.78 Å². The van der Waals surface area contributed by atoms with Crippen molar-refractivity contribution in [2.24, 2.45) is 0 Å². The molecular formula is C18H16N2OS. The second-order valence-electron chi connectivity index (χ2n) is 6.05. The molecule has 0 radical (unpaired) electrons. The maximum absolute atomic E-state index is 12.5. The van der Waals surface area contributed by atoms with Crippen LogP contribution in [0.15, 0.2) is 41.8 Å². The molecule has 2 heterocycles. The molecule has 1 aromatic carbocycles. The monoisotopic (exact) mass is 308 g/mol. The van der Waals surface area contributed by atoms with E-state index in [9.17, 15) is 4.79 Å². The SMILES string of the molecule is CC1(C)Cc2sccc2/C(=C/C(=O)c2ccc(C#N)cc2)N1. The number of allylic oxidation sites excluding steroid dienone is 1. The summed E-state index contributed by atoms with van der Waals surface area (Å²) in [5, 5.41) is 14.3. The third-order valence-electron chi connectivity index (χ3n) is 3.69. The molecule has 1 aliphatic rings. The lowest BCUT2D eigenvalue weighted by Crippen LogP contribution is -2.43. The van der Waals surface area contributed by atoms with Crippen molar-refractivity contribution in [1.29, 1.82) is 5.26 Å². The van der Waals surface area contributed by atoms with Crippen LogP contribution in [0, 0.1) is 11.3 Å². The standard InChI is InChI=1S/C18H16N2OS/c1-18(2)10-17-14(7-8-22-17)15(20-18)9-16(21)13-5-3-12(11-19)4-6-13/h3-9,20H,10H2,1-2H3/b15-9-. The summed E-state index contributed by atoms with van der Waals surface area (Å²) in [5.74, 6) is -0.0539. The molecule has 4 heteroatoms.